The fourth-order valence-electron chi connectivity index (χ4n) is 1.34. The Labute approximate surface area is 106 Å². The Balaban J connectivity index is 2.87. The van der Waals surface area contributed by atoms with Gasteiger partial charge in [-0.15, -0.1) is 11.6 Å². The highest BCUT2D eigenvalue weighted by Crippen LogP contribution is 2.22. The number of methoxy groups -OCH3 is 1. The molecule has 0 saturated carbocycles. The minimum atomic E-state index is -0.353. The molecule has 1 aromatic rings. The minimum absolute atomic E-state index is 0.0762. The first-order valence-electron chi connectivity index (χ1n) is 5.36. The van der Waals surface area contributed by atoms with Crippen LogP contribution in [0.25, 0.3) is 0 Å². The number of hydrogen-bond donors (Lipinski definition) is 2. The number of phenolic OH excluding ortho intramolecular Hbond substituents is 1. The van der Waals surface area contributed by atoms with Crippen molar-refractivity contribution in [2.75, 3.05) is 13.0 Å². The van der Waals surface area contributed by atoms with E-state index in [2.05, 4.69) is 5.32 Å². The van der Waals surface area contributed by atoms with Gasteiger partial charge in [-0.05, 0) is 24.6 Å². The first kappa shape index (κ1) is 13.6. The van der Waals surface area contributed by atoms with Gasteiger partial charge in [0.25, 0.3) is 5.91 Å². The maximum atomic E-state index is 11.9. The Hall–Kier alpha value is -1.42. The zero-order valence-electron chi connectivity index (χ0n) is 9.87. The maximum Gasteiger partial charge on any atom is 0.255 e. The van der Waals surface area contributed by atoms with Crippen LogP contribution < -0.4 is 10.1 Å². The highest BCUT2D eigenvalue weighted by molar-refractivity contribution is 6.18. The van der Waals surface area contributed by atoms with Crippen molar-refractivity contribution in [3.8, 4) is 11.5 Å². The van der Waals surface area contributed by atoms with Gasteiger partial charge in [-0.1, -0.05) is 6.92 Å². The largest absolute Gasteiger partial charge is 0.507 e. The predicted octanol–water partition coefficient (Wildman–Crippen LogP) is 2.15. The molecule has 4 nitrogen and oxygen atoms in total. The summed E-state index contributed by atoms with van der Waals surface area (Å²) in [6.45, 7) is 1.93. The number of ether oxygens (including phenoxy) is 1. The van der Waals surface area contributed by atoms with Crippen molar-refractivity contribution >= 4 is 17.5 Å². The van der Waals surface area contributed by atoms with Crippen LogP contribution in [-0.2, 0) is 0 Å². The number of benzene rings is 1. The van der Waals surface area contributed by atoms with Crippen LogP contribution in [0.15, 0.2) is 18.2 Å². The quantitative estimate of drug-likeness (QED) is 0.795. The smallest absolute Gasteiger partial charge is 0.255 e. The summed E-state index contributed by atoms with van der Waals surface area (Å²) < 4.78 is 5.00. The summed E-state index contributed by atoms with van der Waals surface area (Å²) in [6, 6.07) is 4.40. The van der Waals surface area contributed by atoms with Crippen LogP contribution in [0.5, 0.6) is 11.5 Å². The van der Waals surface area contributed by atoms with Crippen molar-refractivity contribution in [1.29, 1.82) is 0 Å². The van der Waals surface area contributed by atoms with Crippen molar-refractivity contribution in [3.05, 3.63) is 23.8 Å². The van der Waals surface area contributed by atoms with Gasteiger partial charge in [-0.3, -0.25) is 4.79 Å². The van der Waals surface area contributed by atoms with E-state index in [1.54, 1.807) is 6.07 Å². The summed E-state index contributed by atoms with van der Waals surface area (Å²) in [7, 11) is 1.50. The topological polar surface area (TPSA) is 58.6 Å². The first-order valence-corrected chi connectivity index (χ1v) is 5.89. The molecule has 0 spiro atoms. The normalized spacial score (nSPS) is 11.9. The second-order valence-electron chi connectivity index (χ2n) is 3.62. The van der Waals surface area contributed by atoms with E-state index in [0.29, 0.717) is 11.6 Å². The van der Waals surface area contributed by atoms with Crippen LogP contribution in [0.4, 0.5) is 0 Å². The van der Waals surface area contributed by atoms with Crippen molar-refractivity contribution in [3.63, 3.8) is 0 Å². The number of aromatic hydroxyl groups is 1. The van der Waals surface area contributed by atoms with E-state index in [4.69, 9.17) is 16.3 Å². The van der Waals surface area contributed by atoms with Gasteiger partial charge in [-0.2, -0.15) is 0 Å². The van der Waals surface area contributed by atoms with Gasteiger partial charge in [-0.25, -0.2) is 0 Å². The first-order chi connectivity index (χ1) is 8.12. The zero-order chi connectivity index (χ0) is 12.8. The molecule has 0 fully saturated rings. The lowest BCUT2D eigenvalue weighted by molar-refractivity contribution is 0.0936. The van der Waals surface area contributed by atoms with E-state index < -0.39 is 0 Å². The van der Waals surface area contributed by atoms with Crippen molar-refractivity contribution in [2.24, 2.45) is 0 Å². The van der Waals surface area contributed by atoms with E-state index in [9.17, 15) is 9.90 Å². The van der Waals surface area contributed by atoms with Crippen LogP contribution in [-0.4, -0.2) is 30.0 Å². The molecule has 94 valence electrons. The molecule has 0 aliphatic carbocycles. The van der Waals surface area contributed by atoms with Gasteiger partial charge in [0.15, 0.2) is 0 Å². The number of carbonyl (C=O) groups is 1. The number of nitrogens with one attached hydrogen (secondary N) is 1. The number of alkyl halides is 1. The Bertz CT molecular complexity index is 391. The molecule has 0 heterocycles. The molecule has 0 aromatic heterocycles. The van der Waals surface area contributed by atoms with Crippen LogP contribution in [0.2, 0.25) is 0 Å². The monoisotopic (exact) mass is 257 g/mol. The molecule has 0 saturated heterocycles. The molecule has 1 atom stereocenters. The molecular formula is C12H16ClNO3. The minimum Gasteiger partial charge on any atom is -0.507 e. The summed E-state index contributed by atoms with van der Waals surface area (Å²) in [5, 5.41) is 12.3. The van der Waals surface area contributed by atoms with Crippen LogP contribution in [0, 0.1) is 0 Å². The Morgan fingerprint density at radius 2 is 2.29 bits per heavy atom. The molecule has 5 heteroatoms. The molecule has 1 rings (SSSR count). The maximum absolute atomic E-state index is 11.9. The predicted molar refractivity (Wildman–Crippen MR) is 66.9 cm³/mol. The number of rotatable bonds is 5. The van der Waals surface area contributed by atoms with E-state index in [0.717, 1.165) is 6.42 Å². The van der Waals surface area contributed by atoms with E-state index in [1.165, 1.54) is 19.2 Å². The highest BCUT2D eigenvalue weighted by atomic mass is 35.5. The number of carbonyl (C=O) groups excluding carboxylic acids is 1. The fraction of sp³-hybridized carbons (Fsp3) is 0.417. The van der Waals surface area contributed by atoms with Gasteiger partial charge >= 0.3 is 0 Å². The molecule has 1 unspecified atom stereocenters. The van der Waals surface area contributed by atoms with Crippen molar-refractivity contribution in [2.45, 2.75) is 19.4 Å². The average molecular weight is 258 g/mol. The lowest BCUT2D eigenvalue weighted by Gasteiger charge is -2.14. The van der Waals surface area contributed by atoms with Gasteiger partial charge in [0.2, 0.25) is 0 Å². The number of amides is 1. The summed E-state index contributed by atoms with van der Waals surface area (Å²) in [5.41, 5.74) is 0.188. The summed E-state index contributed by atoms with van der Waals surface area (Å²) in [5.74, 6) is 0.431. The summed E-state index contributed by atoms with van der Waals surface area (Å²) in [4.78, 5) is 11.9. The third-order valence-corrected chi connectivity index (χ3v) is 2.84. The van der Waals surface area contributed by atoms with Gasteiger partial charge in [0, 0.05) is 11.9 Å². The Kier molecular flexibility index (Phi) is 5.10. The molecule has 1 amide bonds. The van der Waals surface area contributed by atoms with Crippen LogP contribution in [0.3, 0.4) is 0 Å². The summed E-state index contributed by atoms with van der Waals surface area (Å²) >= 11 is 5.70. The summed E-state index contributed by atoms with van der Waals surface area (Å²) in [6.07, 6.45) is 0.736. The van der Waals surface area contributed by atoms with Crippen molar-refractivity contribution < 1.29 is 14.6 Å². The second kappa shape index (κ2) is 6.35. The molecule has 1 aromatic carbocycles. The SMILES string of the molecule is CCC(CCl)NC(=O)c1cc(OC)ccc1O. The number of halogens is 1. The molecule has 0 bridgehead atoms. The lowest BCUT2D eigenvalue weighted by atomic mass is 10.1. The molecule has 0 aliphatic heterocycles. The molecule has 2 N–H and O–H groups in total. The van der Waals surface area contributed by atoms with Crippen LogP contribution in [0.1, 0.15) is 23.7 Å². The fourth-order valence-corrected chi connectivity index (χ4v) is 1.63. The Morgan fingerprint density at radius 1 is 1.59 bits per heavy atom. The van der Waals surface area contributed by atoms with E-state index in [1.807, 2.05) is 6.92 Å². The molecule has 0 aliphatic rings. The molecule has 17 heavy (non-hydrogen) atoms. The second-order valence-corrected chi connectivity index (χ2v) is 3.92. The molecule has 0 radical (unpaired) electrons. The molecular weight excluding hydrogens is 242 g/mol. The van der Waals surface area contributed by atoms with E-state index >= 15 is 0 Å². The number of phenols is 1. The Morgan fingerprint density at radius 3 is 2.82 bits per heavy atom. The average Bonchev–Trinajstić information content (AvgIpc) is 2.36. The third kappa shape index (κ3) is 3.53. The van der Waals surface area contributed by atoms with Crippen LogP contribution >= 0.6 is 11.6 Å². The zero-order valence-corrected chi connectivity index (χ0v) is 10.6. The van der Waals surface area contributed by atoms with Gasteiger partial charge < -0.3 is 15.2 Å². The van der Waals surface area contributed by atoms with Crippen molar-refractivity contribution in [1.82, 2.24) is 5.32 Å². The van der Waals surface area contributed by atoms with E-state index in [-0.39, 0.29) is 23.3 Å². The standard InChI is InChI=1S/C12H16ClNO3/c1-3-8(7-13)14-12(16)10-6-9(17-2)4-5-11(10)15/h4-6,8,15H,3,7H2,1-2H3,(H,14,16). The van der Waals surface area contributed by atoms with Gasteiger partial charge in [0.05, 0.1) is 12.7 Å². The number of hydrogen-bond acceptors (Lipinski definition) is 3. The lowest BCUT2D eigenvalue weighted by Crippen LogP contribution is -2.35. The highest BCUT2D eigenvalue weighted by Gasteiger charge is 2.15. The third-order valence-electron chi connectivity index (χ3n) is 2.46. The van der Waals surface area contributed by atoms with Gasteiger partial charge in [0.1, 0.15) is 11.5 Å².